The Kier molecular flexibility index (Phi) is 6.62. The number of halogens is 2. The first-order valence-corrected chi connectivity index (χ1v) is 11.8. The molecule has 2 aliphatic heterocycles. The summed E-state index contributed by atoms with van der Waals surface area (Å²) in [4.78, 5) is 30.4. The summed E-state index contributed by atoms with van der Waals surface area (Å²) in [6, 6.07) is 2.64. The highest BCUT2D eigenvalue weighted by Gasteiger charge is 2.61. The minimum absolute atomic E-state index is 0.126. The number of guanidine groups is 1. The molecule has 0 aliphatic carbocycles. The number of alkyl carbamates (subject to hydrolysis) is 1. The van der Waals surface area contributed by atoms with Crippen LogP contribution in [-0.2, 0) is 25.0 Å². The highest BCUT2D eigenvalue weighted by atomic mass is 32.2. The summed E-state index contributed by atoms with van der Waals surface area (Å²) in [6.45, 7) is 7.40. The zero-order valence-corrected chi connectivity index (χ0v) is 20.0. The van der Waals surface area contributed by atoms with Crippen LogP contribution < -0.4 is 5.32 Å². The van der Waals surface area contributed by atoms with Gasteiger partial charge in [0.25, 0.3) is 0 Å². The van der Waals surface area contributed by atoms with Crippen LogP contribution in [0.4, 0.5) is 18.4 Å². The third-order valence-electron chi connectivity index (χ3n) is 5.29. The molecule has 0 spiro atoms. The molecule has 2 atom stereocenters. The molecule has 2 heterocycles. The number of sulfonamides is 1. The molecule has 13 heteroatoms. The van der Waals surface area contributed by atoms with Gasteiger partial charge in [-0.3, -0.25) is 5.32 Å². The van der Waals surface area contributed by atoms with E-state index < -0.39 is 62.7 Å². The van der Waals surface area contributed by atoms with Gasteiger partial charge in [-0.25, -0.2) is 36.1 Å². The minimum Gasteiger partial charge on any atom is -0.445 e. The molecule has 0 unspecified atom stereocenters. The summed E-state index contributed by atoms with van der Waals surface area (Å²) < 4.78 is 66.5. The highest BCUT2D eigenvalue weighted by molar-refractivity contribution is 7.90. The van der Waals surface area contributed by atoms with Crippen LogP contribution in [0.2, 0.25) is 0 Å². The molecular weight excluding hydrogens is 474 g/mol. The standard InChI is InChI=1S/C21H26F2N4O6S/c1-6-9-32-19(29)27-11-16-21(12-27,14-8-7-13(22)10-15(14)23)25-17(26(5)34(16,30)31)24-18(28)33-20(2,3)4/h6-8,10,16H,1,9,11-12H2,2-5H3,(H,24,25,28)/t16-,21+/m1/s1. The Morgan fingerprint density at radius 2 is 2.03 bits per heavy atom. The van der Waals surface area contributed by atoms with Crippen molar-refractivity contribution in [2.75, 3.05) is 26.7 Å². The van der Waals surface area contributed by atoms with Gasteiger partial charge in [-0.2, -0.15) is 0 Å². The van der Waals surface area contributed by atoms with E-state index in [2.05, 4.69) is 16.9 Å². The van der Waals surface area contributed by atoms with Crippen LogP contribution in [-0.4, -0.2) is 73.4 Å². The molecule has 34 heavy (non-hydrogen) atoms. The van der Waals surface area contributed by atoms with Gasteiger partial charge < -0.3 is 14.4 Å². The number of aliphatic imine (C=N–C) groups is 1. The number of amides is 2. The Labute approximate surface area is 196 Å². The van der Waals surface area contributed by atoms with Crippen molar-refractivity contribution >= 4 is 28.2 Å². The van der Waals surface area contributed by atoms with Crippen LogP contribution in [0.3, 0.4) is 0 Å². The topological polar surface area (TPSA) is 118 Å². The summed E-state index contributed by atoms with van der Waals surface area (Å²) >= 11 is 0. The van der Waals surface area contributed by atoms with Crippen LogP contribution >= 0.6 is 0 Å². The zero-order valence-electron chi connectivity index (χ0n) is 19.2. The van der Waals surface area contributed by atoms with Gasteiger partial charge in [0.2, 0.25) is 16.0 Å². The number of hydrogen-bond donors (Lipinski definition) is 1. The summed E-state index contributed by atoms with van der Waals surface area (Å²) in [5.41, 5.74) is -3.03. The molecule has 0 bridgehead atoms. The lowest BCUT2D eigenvalue weighted by Crippen LogP contribution is -2.59. The van der Waals surface area contributed by atoms with E-state index in [4.69, 9.17) is 9.47 Å². The molecule has 1 saturated heterocycles. The average Bonchev–Trinajstić information content (AvgIpc) is 3.10. The number of likely N-dealkylation sites (tertiary alicyclic amines) is 1. The van der Waals surface area contributed by atoms with Crippen LogP contribution in [0.25, 0.3) is 0 Å². The van der Waals surface area contributed by atoms with Gasteiger partial charge in [0, 0.05) is 25.2 Å². The summed E-state index contributed by atoms with van der Waals surface area (Å²) in [6.07, 6.45) is -0.505. The van der Waals surface area contributed by atoms with Gasteiger partial charge >= 0.3 is 12.2 Å². The predicted octanol–water partition coefficient (Wildman–Crippen LogP) is 2.32. The lowest BCUT2D eigenvalue weighted by Gasteiger charge is -2.39. The SMILES string of the molecule is C=CCOC(=O)N1C[C@@H]2[C@@](c3ccc(F)cc3F)(C1)N=C(NC(=O)OC(C)(C)C)N(C)S2(=O)=O. The number of rotatable bonds is 3. The van der Waals surface area contributed by atoms with E-state index in [0.29, 0.717) is 6.07 Å². The molecular formula is C21H26F2N4O6S. The number of benzene rings is 1. The van der Waals surface area contributed by atoms with Crippen molar-refractivity contribution in [3.05, 3.63) is 48.1 Å². The first-order chi connectivity index (χ1) is 15.7. The monoisotopic (exact) mass is 500 g/mol. The molecule has 10 nitrogen and oxygen atoms in total. The van der Waals surface area contributed by atoms with Crippen molar-refractivity contribution in [2.24, 2.45) is 4.99 Å². The van der Waals surface area contributed by atoms with E-state index in [1.165, 1.54) is 6.08 Å². The van der Waals surface area contributed by atoms with E-state index in [-0.39, 0.29) is 18.7 Å². The Balaban J connectivity index is 2.15. The number of carbonyl (C=O) groups is 2. The van der Waals surface area contributed by atoms with Gasteiger partial charge in [0.1, 0.15) is 34.6 Å². The zero-order chi connectivity index (χ0) is 25.5. The van der Waals surface area contributed by atoms with Gasteiger partial charge in [-0.05, 0) is 26.8 Å². The fourth-order valence-electron chi connectivity index (χ4n) is 3.85. The summed E-state index contributed by atoms with van der Waals surface area (Å²) in [7, 11) is -3.13. The predicted molar refractivity (Wildman–Crippen MR) is 118 cm³/mol. The second-order valence-corrected chi connectivity index (χ2v) is 11.0. The second-order valence-electron chi connectivity index (χ2n) is 8.86. The van der Waals surface area contributed by atoms with Crippen molar-refractivity contribution in [1.29, 1.82) is 0 Å². The van der Waals surface area contributed by atoms with Crippen LogP contribution in [0.5, 0.6) is 0 Å². The fourth-order valence-corrected chi connectivity index (χ4v) is 5.67. The molecule has 1 N–H and O–H groups in total. The normalized spacial score (nSPS) is 23.6. The average molecular weight is 501 g/mol. The van der Waals surface area contributed by atoms with Crippen LogP contribution in [0, 0.1) is 11.6 Å². The maximum atomic E-state index is 15.0. The molecule has 1 aromatic carbocycles. The van der Waals surface area contributed by atoms with Crippen LogP contribution in [0.1, 0.15) is 26.3 Å². The number of fused-ring (bicyclic) bond motifs is 1. The van der Waals surface area contributed by atoms with E-state index in [0.717, 1.165) is 28.4 Å². The Morgan fingerprint density at radius 1 is 1.35 bits per heavy atom. The molecule has 0 radical (unpaired) electrons. The molecule has 186 valence electrons. The lowest BCUT2D eigenvalue weighted by atomic mass is 9.88. The van der Waals surface area contributed by atoms with E-state index in [9.17, 15) is 26.8 Å². The van der Waals surface area contributed by atoms with Crippen molar-refractivity contribution in [1.82, 2.24) is 14.5 Å². The Morgan fingerprint density at radius 3 is 2.62 bits per heavy atom. The maximum Gasteiger partial charge on any atom is 0.414 e. The molecule has 2 aliphatic rings. The molecule has 3 rings (SSSR count). The van der Waals surface area contributed by atoms with Crippen molar-refractivity contribution in [3.63, 3.8) is 0 Å². The molecule has 2 amide bonds. The van der Waals surface area contributed by atoms with Gasteiger partial charge in [-0.1, -0.05) is 18.7 Å². The fraction of sp³-hybridized carbons (Fsp3) is 0.476. The molecule has 1 aromatic rings. The third-order valence-corrected chi connectivity index (χ3v) is 7.48. The summed E-state index contributed by atoms with van der Waals surface area (Å²) in [5.74, 6) is -2.36. The van der Waals surface area contributed by atoms with E-state index >= 15 is 0 Å². The van der Waals surface area contributed by atoms with Gasteiger partial charge in [0.05, 0.1) is 6.54 Å². The maximum absolute atomic E-state index is 15.0. The molecule has 0 aromatic heterocycles. The van der Waals surface area contributed by atoms with E-state index in [1.54, 1.807) is 20.8 Å². The van der Waals surface area contributed by atoms with Crippen molar-refractivity contribution < 1.29 is 36.3 Å². The smallest absolute Gasteiger partial charge is 0.414 e. The molecule has 1 fully saturated rings. The first-order valence-electron chi connectivity index (χ1n) is 10.3. The Hall–Kier alpha value is -3.22. The lowest BCUT2D eigenvalue weighted by molar-refractivity contribution is 0.0558. The second kappa shape index (κ2) is 8.85. The number of nitrogens with one attached hydrogen (secondary N) is 1. The van der Waals surface area contributed by atoms with E-state index in [1.807, 2.05) is 0 Å². The number of carbonyl (C=O) groups excluding carboxylic acids is 2. The van der Waals surface area contributed by atoms with Gasteiger partial charge in [-0.15, -0.1) is 0 Å². The van der Waals surface area contributed by atoms with Crippen molar-refractivity contribution in [2.45, 2.75) is 37.2 Å². The quantitative estimate of drug-likeness (QED) is 0.637. The number of nitrogens with zero attached hydrogens (tertiary/aromatic N) is 3. The first kappa shape index (κ1) is 25.4. The summed E-state index contributed by atoms with van der Waals surface area (Å²) in [5, 5.41) is 0.849. The van der Waals surface area contributed by atoms with Crippen molar-refractivity contribution in [3.8, 4) is 0 Å². The number of hydrogen-bond acceptors (Lipinski definition) is 7. The highest BCUT2D eigenvalue weighted by Crippen LogP contribution is 2.44. The number of ether oxygens (including phenoxy) is 2. The minimum atomic E-state index is -4.30. The van der Waals surface area contributed by atoms with Crippen LogP contribution in [0.15, 0.2) is 35.8 Å². The molecule has 0 saturated carbocycles. The largest absolute Gasteiger partial charge is 0.445 e. The third kappa shape index (κ3) is 4.69. The Bertz CT molecular complexity index is 1150. The van der Waals surface area contributed by atoms with Gasteiger partial charge in [0.15, 0.2) is 0 Å².